The number of pyridine rings is 1. The number of carbonyl (C=O) groups excluding carboxylic acids is 1. The number of nitrogens with one attached hydrogen (secondary N) is 2. The van der Waals surface area contributed by atoms with E-state index in [0.29, 0.717) is 27.4 Å². The number of aryl methyl sites for hydroxylation is 1. The highest BCUT2D eigenvalue weighted by molar-refractivity contribution is 7.79. The molecule has 1 unspecified atom stereocenters. The summed E-state index contributed by atoms with van der Waals surface area (Å²) in [5, 5.41) is 0.904. The highest BCUT2D eigenvalue weighted by Gasteiger charge is 2.21. The first kappa shape index (κ1) is 24.1. The molecular weight excluding hydrogens is 469 g/mol. The molecule has 0 bridgehead atoms. The molecule has 5 rings (SSSR count). The van der Waals surface area contributed by atoms with Crippen LogP contribution in [0, 0.1) is 12.7 Å². The molecule has 3 aromatic heterocycles. The number of hydrogen-bond acceptors (Lipinski definition) is 5. The van der Waals surface area contributed by atoms with Gasteiger partial charge in [0.05, 0.1) is 18.4 Å². The molecule has 0 saturated heterocycles. The lowest BCUT2D eigenvalue weighted by Crippen LogP contribution is -2.02. The van der Waals surface area contributed by atoms with Crippen LogP contribution in [0.25, 0.3) is 33.5 Å². The molecule has 0 aliphatic carbocycles. The molecule has 0 amide bonds. The molecule has 1 atom stereocenters. The SMILES string of the molecule is COC(=O)c1cc(-c2ccnc3[nH]ccc23)[nH]c1-c1cccc(C)c1F.O=S([O-])c1ccccc1.[HH]. The van der Waals surface area contributed by atoms with Gasteiger partial charge in [0, 0.05) is 40.9 Å². The van der Waals surface area contributed by atoms with E-state index in [1.165, 1.54) is 7.11 Å². The predicted molar refractivity (Wildman–Crippen MR) is 133 cm³/mol. The third kappa shape index (κ3) is 5.06. The molecule has 0 aliphatic heterocycles. The maximum Gasteiger partial charge on any atom is 0.340 e. The van der Waals surface area contributed by atoms with Crippen LogP contribution < -0.4 is 0 Å². The van der Waals surface area contributed by atoms with E-state index in [4.69, 9.17) is 4.74 Å². The summed E-state index contributed by atoms with van der Waals surface area (Å²) in [4.78, 5) is 23.1. The summed E-state index contributed by atoms with van der Waals surface area (Å²) < 4.78 is 40.0. The number of halogens is 1. The second kappa shape index (κ2) is 10.5. The molecule has 180 valence electrons. The summed E-state index contributed by atoms with van der Waals surface area (Å²) in [6.45, 7) is 1.69. The predicted octanol–water partition coefficient (Wildman–Crippen LogP) is 5.63. The molecule has 2 N–H and O–H groups in total. The molecule has 0 radical (unpaired) electrons. The van der Waals surface area contributed by atoms with Gasteiger partial charge in [-0.05, 0) is 60.0 Å². The van der Waals surface area contributed by atoms with Crippen molar-refractivity contribution in [1.82, 2.24) is 15.0 Å². The summed E-state index contributed by atoms with van der Waals surface area (Å²) >= 11 is -2.08. The third-order valence-corrected chi connectivity index (χ3v) is 6.03. The van der Waals surface area contributed by atoms with E-state index in [2.05, 4.69) is 15.0 Å². The van der Waals surface area contributed by atoms with Crippen LogP contribution in [0.5, 0.6) is 0 Å². The average molecular weight is 493 g/mol. The first-order chi connectivity index (χ1) is 16.9. The van der Waals surface area contributed by atoms with Crippen LogP contribution >= 0.6 is 0 Å². The van der Waals surface area contributed by atoms with Crippen molar-refractivity contribution in [3.8, 4) is 22.5 Å². The molecule has 5 aromatic rings. The lowest BCUT2D eigenvalue weighted by molar-refractivity contribution is 0.0602. The van der Waals surface area contributed by atoms with Gasteiger partial charge in [-0.25, -0.2) is 14.2 Å². The maximum atomic E-state index is 14.7. The number of esters is 1. The quantitative estimate of drug-likeness (QED) is 0.250. The highest BCUT2D eigenvalue weighted by Crippen LogP contribution is 2.34. The first-order valence-corrected chi connectivity index (χ1v) is 11.6. The molecule has 0 fully saturated rings. The number of hydrogen-bond donors (Lipinski definition) is 2. The molecule has 9 heteroatoms. The molecule has 7 nitrogen and oxygen atoms in total. The van der Waals surface area contributed by atoms with Crippen molar-refractivity contribution in [3.05, 3.63) is 96.1 Å². The third-order valence-electron chi connectivity index (χ3n) is 5.37. The van der Waals surface area contributed by atoms with Crippen LogP contribution in [-0.4, -0.2) is 36.8 Å². The van der Waals surface area contributed by atoms with E-state index in [1.807, 2.05) is 12.1 Å². The monoisotopic (exact) mass is 492 g/mol. The number of rotatable bonds is 4. The normalized spacial score (nSPS) is 11.5. The van der Waals surface area contributed by atoms with E-state index in [9.17, 15) is 17.9 Å². The zero-order chi connectivity index (χ0) is 24.9. The van der Waals surface area contributed by atoms with Crippen molar-refractivity contribution in [2.24, 2.45) is 0 Å². The smallest absolute Gasteiger partial charge is 0.340 e. The number of aromatic amines is 2. The number of nitrogens with zero attached hydrogens (tertiary/aromatic N) is 1. The Kier molecular flexibility index (Phi) is 7.19. The van der Waals surface area contributed by atoms with Crippen LogP contribution in [0.15, 0.2) is 84.0 Å². The molecule has 0 aliphatic rings. The summed E-state index contributed by atoms with van der Waals surface area (Å²) in [6.07, 6.45) is 3.48. The Hall–Kier alpha value is -4.08. The Morgan fingerprint density at radius 2 is 1.86 bits per heavy atom. The van der Waals surface area contributed by atoms with Crippen LogP contribution in [0.2, 0.25) is 0 Å². The topological polar surface area (TPSA) is 111 Å². The molecule has 35 heavy (non-hydrogen) atoms. The van der Waals surface area contributed by atoms with Gasteiger partial charge in [0.2, 0.25) is 0 Å². The van der Waals surface area contributed by atoms with Crippen molar-refractivity contribution >= 4 is 28.1 Å². The summed E-state index contributed by atoms with van der Waals surface area (Å²) in [5.74, 6) is -0.893. The van der Waals surface area contributed by atoms with Crippen LogP contribution in [0.3, 0.4) is 0 Å². The second-order valence-electron chi connectivity index (χ2n) is 7.55. The van der Waals surface area contributed by atoms with E-state index in [-0.39, 0.29) is 12.8 Å². The van der Waals surface area contributed by atoms with Gasteiger partial charge < -0.3 is 19.3 Å². The van der Waals surface area contributed by atoms with Crippen molar-refractivity contribution in [2.75, 3.05) is 7.11 Å². The lowest BCUT2D eigenvalue weighted by atomic mass is 10.0. The fourth-order valence-corrected chi connectivity index (χ4v) is 4.03. The van der Waals surface area contributed by atoms with Gasteiger partial charge in [-0.2, -0.15) is 0 Å². The van der Waals surface area contributed by atoms with E-state index in [1.54, 1.807) is 73.9 Å². The number of carbonyl (C=O) groups is 1. The standard InChI is InChI=1S/C20H16FN3O2.C6H6O2S.H2/c1-11-4-3-5-14(17(11)21)18-15(20(25)26-2)10-16(24-18)12-6-8-22-19-13(12)7-9-23-19;7-9(8)6-4-2-1-3-5-6;/h3-10,24H,1-2H3,(H,22,23);1-5H,(H,7,8);1H/p-1. The van der Waals surface area contributed by atoms with E-state index in [0.717, 1.165) is 16.6 Å². The average Bonchev–Trinajstić information content (AvgIpc) is 3.54. The minimum Gasteiger partial charge on any atom is -0.768 e. The minimum atomic E-state index is -2.08. The van der Waals surface area contributed by atoms with Crippen molar-refractivity contribution in [3.63, 3.8) is 0 Å². The fourth-order valence-electron chi connectivity index (χ4n) is 3.65. The zero-order valence-electron chi connectivity index (χ0n) is 18.9. The summed E-state index contributed by atoms with van der Waals surface area (Å²) in [5.41, 5.74) is 3.80. The van der Waals surface area contributed by atoms with Gasteiger partial charge in [-0.3, -0.25) is 4.21 Å². The van der Waals surface area contributed by atoms with Gasteiger partial charge >= 0.3 is 5.97 Å². The number of methoxy groups -OCH3 is 1. The first-order valence-electron chi connectivity index (χ1n) is 10.5. The van der Waals surface area contributed by atoms with Crippen LogP contribution in [0.1, 0.15) is 17.3 Å². The number of benzene rings is 2. The minimum absolute atomic E-state index is 0. The molecule has 0 spiro atoms. The van der Waals surface area contributed by atoms with Gasteiger partial charge in [-0.1, -0.05) is 30.3 Å². The Morgan fingerprint density at radius 3 is 2.54 bits per heavy atom. The van der Waals surface area contributed by atoms with Crippen LogP contribution in [-0.2, 0) is 15.8 Å². The number of H-pyrrole nitrogens is 2. The summed E-state index contributed by atoms with van der Waals surface area (Å²) in [6, 6.07) is 18.8. The molecular formula is C26H23FN3O4S-. The number of fused-ring (bicyclic) bond motifs is 1. The van der Waals surface area contributed by atoms with Crippen LogP contribution in [0.4, 0.5) is 4.39 Å². The number of ether oxygens (including phenoxy) is 1. The highest BCUT2D eigenvalue weighted by atomic mass is 32.2. The Balaban J connectivity index is 0.000000307. The van der Waals surface area contributed by atoms with Gasteiger partial charge in [0.15, 0.2) is 0 Å². The van der Waals surface area contributed by atoms with Gasteiger partial charge in [0.25, 0.3) is 0 Å². The lowest BCUT2D eigenvalue weighted by Gasteiger charge is -2.06. The molecule has 2 aromatic carbocycles. The Morgan fingerprint density at radius 1 is 1.09 bits per heavy atom. The molecule has 3 heterocycles. The van der Waals surface area contributed by atoms with E-state index >= 15 is 0 Å². The molecule has 0 saturated carbocycles. The van der Waals surface area contributed by atoms with E-state index < -0.39 is 17.0 Å². The second-order valence-corrected chi connectivity index (χ2v) is 8.49. The Labute approximate surface area is 204 Å². The number of aromatic nitrogens is 3. The fraction of sp³-hybridized carbons (Fsp3) is 0.0769. The summed E-state index contributed by atoms with van der Waals surface area (Å²) in [7, 11) is 1.31. The zero-order valence-corrected chi connectivity index (χ0v) is 19.7. The maximum absolute atomic E-state index is 14.7. The van der Waals surface area contributed by atoms with Gasteiger partial charge in [-0.15, -0.1) is 0 Å². The largest absolute Gasteiger partial charge is 0.768 e. The van der Waals surface area contributed by atoms with Crippen molar-refractivity contribution < 1.29 is 24.1 Å². The van der Waals surface area contributed by atoms with Crippen molar-refractivity contribution in [2.45, 2.75) is 11.8 Å². The van der Waals surface area contributed by atoms with Gasteiger partial charge in [0.1, 0.15) is 11.5 Å². The Bertz CT molecular complexity index is 1520. The van der Waals surface area contributed by atoms with Crippen molar-refractivity contribution in [1.29, 1.82) is 0 Å².